The Balaban J connectivity index is 0.000000221. The minimum atomic E-state index is -1.15. The fourth-order valence-corrected chi connectivity index (χ4v) is 2.52. The van der Waals surface area contributed by atoms with Crippen LogP contribution in [0.2, 0.25) is 5.02 Å². The van der Waals surface area contributed by atoms with E-state index in [2.05, 4.69) is 11.8 Å². The van der Waals surface area contributed by atoms with E-state index in [-0.39, 0.29) is 16.3 Å². The summed E-state index contributed by atoms with van der Waals surface area (Å²) in [7, 11) is 0. The monoisotopic (exact) mass is 394 g/mol. The number of hydrogen-bond donors (Lipinski definition) is 4. The van der Waals surface area contributed by atoms with Crippen molar-refractivity contribution >= 4 is 40.5 Å². The van der Waals surface area contributed by atoms with Crippen molar-refractivity contribution in [3.8, 4) is 17.6 Å². The number of carbonyl (C=O) groups excluding carboxylic acids is 1. The lowest BCUT2D eigenvalue weighted by Gasteiger charge is -2.03. The van der Waals surface area contributed by atoms with Gasteiger partial charge in [-0.3, -0.25) is 4.79 Å². The van der Waals surface area contributed by atoms with Crippen LogP contribution < -0.4 is 5.73 Å². The molecule has 7 heteroatoms. The van der Waals surface area contributed by atoms with Gasteiger partial charge in [0.2, 0.25) is 5.91 Å². The number of aromatic hydroxyl groups is 1. The molecule has 0 aliphatic carbocycles. The average Bonchev–Trinajstić information content (AvgIpc) is 2.68. The fourth-order valence-electron chi connectivity index (χ4n) is 2.34. The lowest BCUT2D eigenvalue weighted by Crippen LogP contribution is -2.10. The number of aliphatic carboxylic acids is 1. The number of primary amides is 1. The molecule has 0 atom stereocenters. The first kappa shape index (κ1) is 20.5. The van der Waals surface area contributed by atoms with Crippen LogP contribution in [-0.4, -0.2) is 28.3 Å². The number of carboxylic acids is 1. The number of carboxylic acid groups (broad SMARTS) is 1. The molecule has 3 aromatic carbocycles. The lowest BCUT2D eigenvalue weighted by atomic mass is 10.0. The smallest absolute Gasteiger partial charge is 0.382 e. The van der Waals surface area contributed by atoms with Crippen LogP contribution in [0.4, 0.5) is 0 Å². The third kappa shape index (κ3) is 5.10. The molecule has 0 unspecified atom stereocenters. The van der Waals surface area contributed by atoms with Gasteiger partial charge in [-0.05, 0) is 40.6 Å². The van der Waals surface area contributed by atoms with E-state index in [1.54, 1.807) is 12.1 Å². The predicted octanol–water partition coefficient (Wildman–Crippen LogP) is 3.42. The molecule has 0 bridgehead atoms. The molecule has 3 rings (SSSR count). The molecule has 0 aromatic heterocycles. The summed E-state index contributed by atoms with van der Waals surface area (Å²) in [5.41, 5.74) is 6.69. The number of fused-ring (bicyclic) bond motifs is 1. The molecule has 0 saturated heterocycles. The zero-order chi connectivity index (χ0) is 20.7. The zero-order valence-corrected chi connectivity index (χ0v) is 15.2. The van der Waals surface area contributed by atoms with Gasteiger partial charge in [0.1, 0.15) is 5.75 Å². The molecule has 0 spiro atoms. The van der Waals surface area contributed by atoms with Crippen LogP contribution in [0.15, 0.2) is 54.6 Å². The molecule has 5 N–H and O–H groups in total. The molecular weight excluding hydrogens is 380 g/mol. The highest BCUT2D eigenvalue weighted by Crippen LogP contribution is 2.23. The van der Waals surface area contributed by atoms with E-state index in [0.717, 1.165) is 16.3 Å². The second-order valence-corrected chi connectivity index (χ2v) is 5.89. The third-order valence-electron chi connectivity index (χ3n) is 3.65. The molecule has 0 radical (unpaired) electrons. The summed E-state index contributed by atoms with van der Waals surface area (Å²) in [6.07, 6.45) is 1.27. The number of phenols is 1. The largest absolute Gasteiger partial charge is 0.506 e. The van der Waals surface area contributed by atoms with Gasteiger partial charge in [0.15, 0.2) is 0 Å². The standard InChI is InChI=1S/C14H9NO2.C7H6ClNO2/c15-9-11-6-5-10(7-8-14(16)17)12-3-1-2-4-13(11)12;8-5-3-4(7(9)11)1-2-6(5)10/h1-6,9,15H,(H,16,17);1-3,10H,(H2,9,11). The number of benzene rings is 3. The van der Waals surface area contributed by atoms with Gasteiger partial charge in [0.05, 0.1) is 5.02 Å². The summed E-state index contributed by atoms with van der Waals surface area (Å²) in [6.45, 7) is 0. The van der Waals surface area contributed by atoms with Gasteiger partial charge in [-0.15, -0.1) is 0 Å². The molecule has 0 heterocycles. The van der Waals surface area contributed by atoms with Crippen LogP contribution in [0.25, 0.3) is 10.8 Å². The minimum Gasteiger partial charge on any atom is -0.506 e. The molecular formula is C21H15ClN2O4. The molecule has 140 valence electrons. The van der Waals surface area contributed by atoms with Gasteiger partial charge in [-0.2, -0.15) is 0 Å². The van der Waals surface area contributed by atoms with Crippen molar-refractivity contribution < 1.29 is 19.8 Å². The highest BCUT2D eigenvalue weighted by Gasteiger charge is 2.03. The number of nitrogens with two attached hydrogens (primary N) is 1. The van der Waals surface area contributed by atoms with Crippen molar-refractivity contribution in [3.63, 3.8) is 0 Å². The number of nitrogens with one attached hydrogen (secondary N) is 1. The molecule has 6 nitrogen and oxygen atoms in total. The van der Waals surface area contributed by atoms with Gasteiger partial charge >= 0.3 is 5.97 Å². The zero-order valence-electron chi connectivity index (χ0n) is 14.4. The minimum absolute atomic E-state index is 0.0586. The fraction of sp³-hybridized carbons (Fsp3) is 0. The van der Waals surface area contributed by atoms with E-state index in [9.17, 15) is 9.59 Å². The summed E-state index contributed by atoms with van der Waals surface area (Å²) in [4.78, 5) is 21.0. The predicted molar refractivity (Wildman–Crippen MR) is 108 cm³/mol. The number of rotatable bonds is 2. The molecule has 0 aliphatic heterocycles. The quantitative estimate of drug-likeness (QED) is 0.392. The maximum Gasteiger partial charge on any atom is 0.382 e. The van der Waals surface area contributed by atoms with E-state index in [4.69, 9.17) is 33.0 Å². The topological polar surface area (TPSA) is 124 Å². The Morgan fingerprint density at radius 2 is 1.75 bits per heavy atom. The van der Waals surface area contributed by atoms with Gasteiger partial charge < -0.3 is 21.4 Å². The maximum absolute atomic E-state index is 10.5. The normalized spacial score (nSPS) is 9.46. The maximum atomic E-state index is 10.5. The van der Waals surface area contributed by atoms with E-state index in [1.807, 2.05) is 24.3 Å². The summed E-state index contributed by atoms with van der Waals surface area (Å²) >= 11 is 5.50. The second-order valence-electron chi connectivity index (χ2n) is 5.48. The number of amides is 1. The van der Waals surface area contributed by atoms with Gasteiger partial charge in [0.25, 0.3) is 0 Å². The van der Waals surface area contributed by atoms with Crippen LogP contribution in [-0.2, 0) is 4.79 Å². The summed E-state index contributed by atoms with van der Waals surface area (Å²) < 4.78 is 0. The Kier molecular flexibility index (Phi) is 6.74. The summed E-state index contributed by atoms with van der Waals surface area (Å²) in [5, 5.41) is 26.7. The summed E-state index contributed by atoms with van der Waals surface area (Å²) in [6, 6.07) is 15.0. The highest BCUT2D eigenvalue weighted by atomic mass is 35.5. The van der Waals surface area contributed by atoms with E-state index in [0.29, 0.717) is 5.56 Å². The van der Waals surface area contributed by atoms with Gasteiger partial charge in [0, 0.05) is 23.3 Å². The van der Waals surface area contributed by atoms with Crippen molar-refractivity contribution in [1.29, 1.82) is 5.41 Å². The van der Waals surface area contributed by atoms with E-state index < -0.39 is 11.9 Å². The lowest BCUT2D eigenvalue weighted by molar-refractivity contribution is -0.130. The molecule has 0 fully saturated rings. The molecule has 0 saturated carbocycles. The first-order valence-electron chi connectivity index (χ1n) is 7.89. The first-order chi connectivity index (χ1) is 13.3. The van der Waals surface area contributed by atoms with Crippen molar-refractivity contribution in [1.82, 2.24) is 0 Å². The molecule has 3 aromatic rings. The van der Waals surface area contributed by atoms with Crippen LogP contribution in [0, 0.1) is 17.3 Å². The molecule has 1 amide bonds. The number of phenolic OH excluding ortho intramolecular Hbond substituents is 1. The van der Waals surface area contributed by atoms with Crippen molar-refractivity contribution in [2.24, 2.45) is 5.73 Å². The number of carbonyl (C=O) groups is 2. The Morgan fingerprint density at radius 1 is 1.07 bits per heavy atom. The van der Waals surface area contributed by atoms with Crippen molar-refractivity contribution in [3.05, 3.63) is 76.3 Å². The van der Waals surface area contributed by atoms with Crippen LogP contribution >= 0.6 is 11.6 Å². The molecule has 28 heavy (non-hydrogen) atoms. The van der Waals surface area contributed by atoms with Crippen molar-refractivity contribution in [2.45, 2.75) is 0 Å². The first-order valence-corrected chi connectivity index (χ1v) is 8.26. The average molecular weight is 395 g/mol. The number of halogens is 1. The Labute approximate surface area is 165 Å². The SMILES string of the molecule is N=Cc1ccc(C#CC(=O)O)c2ccccc12.NC(=O)c1ccc(O)c(Cl)c1. The Morgan fingerprint density at radius 3 is 2.32 bits per heavy atom. The Bertz CT molecular complexity index is 1130. The van der Waals surface area contributed by atoms with Crippen LogP contribution in [0.5, 0.6) is 5.75 Å². The Hall–Kier alpha value is -3.82. The van der Waals surface area contributed by atoms with Crippen LogP contribution in [0.1, 0.15) is 21.5 Å². The second kappa shape index (κ2) is 9.21. The van der Waals surface area contributed by atoms with E-state index in [1.165, 1.54) is 24.4 Å². The van der Waals surface area contributed by atoms with Crippen LogP contribution in [0.3, 0.4) is 0 Å². The number of hydrogen-bond acceptors (Lipinski definition) is 4. The highest BCUT2D eigenvalue weighted by molar-refractivity contribution is 6.32. The summed E-state index contributed by atoms with van der Waals surface area (Å²) in [5.74, 6) is 2.95. The van der Waals surface area contributed by atoms with Gasteiger partial charge in [-0.1, -0.05) is 47.9 Å². The van der Waals surface area contributed by atoms with E-state index >= 15 is 0 Å². The third-order valence-corrected chi connectivity index (χ3v) is 3.95. The molecule has 0 aliphatic rings. The van der Waals surface area contributed by atoms with Gasteiger partial charge in [-0.25, -0.2) is 4.79 Å². The van der Waals surface area contributed by atoms with Crippen molar-refractivity contribution in [2.75, 3.05) is 0 Å².